The zero-order valence-corrected chi connectivity index (χ0v) is 14.6. The van der Waals surface area contributed by atoms with Crippen molar-refractivity contribution in [1.82, 2.24) is 15.5 Å². The average molecular weight is 352 g/mol. The van der Waals surface area contributed by atoms with Gasteiger partial charge in [0.1, 0.15) is 0 Å². The molecule has 24 heavy (non-hydrogen) atoms. The van der Waals surface area contributed by atoms with Gasteiger partial charge in [-0.25, -0.2) is 0 Å². The van der Waals surface area contributed by atoms with Crippen LogP contribution in [0.2, 0.25) is 0 Å². The van der Waals surface area contributed by atoms with Gasteiger partial charge in [0, 0.05) is 31.2 Å². The Morgan fingerprint density at radius 1 is 1.29 bits per heavy atom. The number of amides is 3. The third-order valence-corrected chi connectivity index (χ3v) is 5.93. The summed E-state index contributed by atoms with van der Waals surface area (Å²) in [5, 5.41) is 6.85. The van der Waals surface area contributed by atoms with Crippen molar-refractivity contribution in [3.63, 3.8) is 0 Å². The summed E-state index contributed by atoms with van der Waals surface area (Å²) in [4.78, 5) is 41.5. The van der Waals surface area contributed by atoms with Gasteiger partial charge < -0.3 is 15.5 Å². The summed E-state index contributed by atoms with van der Waals surface area (Å²) in [6, 6.07) is 0.367. The van der Waals surface area contributed by atoms with Gasteiger partial charge in [-0.05, 0) is 19.3 Å². The Balaban J connectivity index is 1.35. The fourth-order valence-corrected chi connectivity index (χ4v) is 4.63. The maximum absolute atomic E-state index is 12.0. The highest BCUT2D eigenvalue weighted by molar-refractivity contribution is 8.14. The van der Waals surface area contributed by atoms with Crippen LogP contribution >= 0.6 is 11.8 Å². The number of hydrogen-bond donors (Lipinski definition) is 2. The highest BCUT2D eigenvalue weighted by Crippen LogP contribution is 2.36. The number of rotatable bonds is 4. The Morgan fingerprint density at radius 3 is 2.92 bits per heavy atom. The average Bonchev–Trinajstić information content (AvgIpc) is 2.96. The molecule has 3 rings (SSSR count). The molecule has 2 fully saturated rings. The standard InChI is InChI=1S/C16H24N4O3S/c21-13(19-16-18-11-4-1-2-5-12(11)24-16)6-3-7-15(23)20-9-8-17-14(22)10-20/h11-12H,1-10H2,(H,17,22)(H,18,19,21)/t11-,12-/m0/s1. The van der Waals surface area contributed by atoms with Crippen LogP contribution in [-0.2, 0) is 14.4 Å². The quantitative estimate of drug-likeness (QED) is 0.777. The second-order valence-electron chi connectivity index (χ2n) is 6.51. The predicted molar refractivity (Wildman–Crippen MR) is 92.7 cm³/mol. The first-order chi connectivity index (χ1) is 11.6. The number of aliphatic imine (C=N–C) groups is 1. The molecule has 3 amide bonds. The van der Waals surface area contributed by atoms with E-state index in [1.165, 1.54) is 19.3 Å². The van der Waals surface area contributed by atoms with Crippen molar-refractivity contribution in [3.05, 3.63) is 0 Å². The van der Waals surface area contributed by atoms with Crippen LogP contribution in [0.25, 0.3) is 0 Å². The maximum Gasteiger partial charge on any atom is 0.239 e. The lowest BCUT2D eigenvalue weighted by Gasteiger charge is -2.26. The SMILES string of the molecule is O=C1CN(C(=O)CCCC(=O)NC2=N[C@H]3CCCC[C@@H]3S2)CCN1. The maximum atomic E-state index is 12.0. The van der Waals surface area contributed by atoms with Crippen LogP contribution in [0, 0.1) is 0 Å². The highest BCUT2D eigenvalue weighted by atomic mass is 32.2. The summed E-state index contributed by atoms with van der Waals surface area (Å²) < 4.78 is 0. The molecule has 1 saturated carbocycles. The smallest absolute Gasteiger partial charge is 0.239 e. The molecule has 2 N–H and O–H groups in total. The molecule has 7 nitrogen and oxygen atoms in total. The number of piperazine rings is 1. The summed E-state index contributed by atoms with van der Waals surface area (Å²) in [6.07, 6.45) is 5.87. The van der Waals surface area contributed by atoms with Crippen LogP contribution in [0.3, 0.4) is 0 Å². The zero-order valence-electron chi connectivity index (χ0n) is 13.8. The normalized spacial score (nSPS) is 26.4. The Morgan fingerprint density at radius 2 is 2.12 bits per heavy atom. The van der Waals surface area contributed by atoms with Gasteiger partial charge in [-0.3, -0.25) is 19.4 Å². The van der Waals surface area contributed by atoms with Crippen molar-refractivity contribution in [1.29, 1.82) is 0 Å². The van der Waals surface area contributed by atoms with Crippen molar-refractivity contribution in [2.75, 3.05) is 19.6 Å². The highest BCUT2D eigenvalue weighted by Gasteiger charge is 2.32. The molecule has 2 atom stereocenters. The molecule has 0 aromatic carbocycles. The lowest BCUT2D eigenvalue weighted by molar-refractivity contribution is -0.138. The van der Waals surface area contributed by atoms with E-state index in [-0.39, 0.29) is 24.3 Å². The molecule has 2 aliphatic heterocycles. The van der Waals surface area contributed by atoms with Gasteiger partial charge in [-0.2, -0.15) is 0 Å². The summed E-state index contributed by atoms with van der Waals surface area (Å²) in [5.41, 5.74) is 0. The van der Waals surface area contributed by atoms with Gasteiger partial charge >= 0.3 is 0 Å². The van der Waals surface area contributed by atoms with Gasteiger partial charge in [0.05, 0.1) is 12.6 Å². The topological polar surface area (TPSA) is 90.9 Å². The monoisotopic (exact) mass is 352 g/mol. The fraction of sp³-hybridized carbons (Fsp3) is 0.750. The van der Waals surface area contributed by atoms with Gasteiger partial charge in [0.2, 0.25) is 17.7 Å². The second kappa shape index (κ2) is 8.00. The minimum absolute atomic E-state index is 0.0590. The Labute approximate surface area is 146 Å². The van der Waals surface area contributed by atoms with E-state index >= 15 is 0 Å². The first-order valence-corrected chi connectivity index (χ1v) is 9.58. The number of nitrogens with one attached hydrogen (secondary N) is 2. The van der Waals surface area contributed by atoms with E-state index in [1.807, 2.05) is 0 Å². The molecule has 0 aromatic rings. The van der Waals surface area contributed by atoms with Crippen LogP contribution in [0.15, 0.2) is 4.99 Å². The van der Waals surface area contributed by atoms with Crippen molar-refractivity contribution >= 4 is 34.7 Å². The molecule has 1 saturated heterocycles. The number of carbonyl (C=O) groups excluding carboxylic acids is 3. The van der Waals surface area contributed by atoms with E-state index in [0.29, 0.717) is 43.6 Å². The second-order valence-corrected chi connectivity index (χ2v) is 7.74. The molecule has 1 aliphatic carbocycles. The summed E-state index contributed by atoms with van der Waals surface area (Å²) >= 11 is 1.68. The first kappa shape index (κ1) is 17.3. The van der Waals surface area contributed by atoms with Crippen molar-refractivity contribution in [2.24, 2.45) is 4.99 Å². The van der Waals surface area contributed by atoms with Crippen molar-refractivity contribution < 1.29 is 14.4 Å². The lowest BCUT2D eigenvalue weighted by atomic mass is 9.96. The number of hydrogen-bond acceptors (Lipinski definition) is 5. The number of amidine groups is 1. The zero-order chi connectivity index (χ0) is 16.9. The Hall–Kier alpha value is -1.57. The molecule has 8 heteroatoms. The van der Waals surface area contributed by atoms with Crippen molar-refractivity contribution in [2.45, 2.75) is 56.2 Å². The van der Waals surface area contributed by atoms with Crippen LogP contribution in [0.1, 0.15) is 44.9 Å². The van der Waals surface area contributed by atoms with E-state index in [9.17, 15) is 14.4 Å². The molecule has 3 aliphatic rings. The van der Waals surface area contributed by atoms with E-state index in [0.717, 1.165) is 11.6 Å². The number of nitrogens with zero attached hydrogens (tertiary/aromatic N) is 2. The molecule has 2 heterocycles. The minimum atomic E-state index is -0.120. The molecular weight excluding hydrogens is 328 g/mol. The Kier molecular flexibility index (Phi) is 5.76. The van der Waals surface area contributed by atoms with E-state index < -0.39 is 0 Å². The van der Waals surface area contributed by atoms with Gasteiger partial charge in [-0.15, -0.1) is 0 Å². The summed E-state index contributed by atoms with van der Waals surface area (Å²) in [5.74, 6) is -0.259. The van der Waals surface area contributed by atoms with Gasteiger partial charge in [-0.1, -0.05) is 24.6 Å². The lowest BCUT2D eigenvalue weighted by Crippen LogP contribution is -2.49. The molecular formula is C16H24N4O3S. The van der Waals surface area contributed by atoms with Gasteiger partial charge in [0.15, 0.2) is 5.17 Å². The van der Waals surface area contributed by atoms with E-state index in [2.05, 4.69) is 15.6 Å². The molecule has 132 valence electrons. The van der Waals surface area contributed by atoms with Gasteiger partial charge in [0.25, 0.3) is 0 Å². The molecule has 0 aromatic heterocycles. The largest absolute Gasteiger partial charge is 0.353 e. The third-order valence-electron chi connectivity index (χ3n) is 4.65. The van der Waals surface area contributed by atoms with E-state index in [4.69, 9.17) is 0 Å². The molecule has 0 spiro atoms. The fourth-order valence-electron chi connectivity index (χ4n) is 3.34. The molecule has 0 bridgehead atoms. The summed E-state index contributed by atoms with van der Waals surface area (Å²) in [6.45, 7) is 1.18. The number of fused-ring (bicyclic) bond motifs is 1. The summed E-state index contributed by atoms with van der Waals surface area (Å²) in [7, 11) is 0. The number of carbonyl (C=O) groups is 3. The predicted octanol–water partition coefficient (Wildman–Crippen LogP) is 0.645. The third kappa shape index (κ3) is 4.49. The van der Waals surface area contributed by atoms with Crippen LogP contribution in [-0.4, -0.2) is 58.7 Å². The van der Waals surface area contributed by atoms with E-state index in [1.54, 1.807) is 16.7 Å². The Bertz CT molecular complexity index is 551. The molecule has 0 unspecified atom stereocenters. The first-order valence-electron chi connectivity index (χ1n) is 8.70. The van der Waals surface area contributed by atoms with Crippen LogP contribution in [0.4, 0.5) is 0 Å². The minimum Gasteiger partial charge on any atom is -0.353 e. The molecule has 0 radical (unpaired) electrons. The van der Waals surface area contributed by atoms with Crippen molar-refractivity contribution in [3.8, 4) is 0 Å². The van der Waals surface area contributed by atoms with Crippen LogP contribution in [0.5, 0.6) is 0 Å². The van der Waals surface area contributed by atoms with Crippen LogP contribution < -0.4 is 10.6 Å². The number of thioether (sulfide) groups is 1.